The third-order valence-electron chi connectivity index (χ3n) is 3.75. The number of carbonyl (C=O) groups is 1. The molecule has 1 amide bonds. The number of hydrogen-bond donors (Lipinski definition) is 2. The van der Waals surface area contributed by atoms with Crippen molar-refractivity contribution in [3.63, 3.8) is 0 Å². The van der Waals surface area contributed by atoms with Gasteiger partial charge in [-0.2, -0.15) is 0 Å². The monoisotopic (exact) mass is 308 g/mol. The van der Waals surface area contributed by atoms with Crippen LogP contribution in [-0.2, 0) is 0 Å². The lowest BCUT2D eigenvalue weighted by Gasteiger charge is -2.50. The van der Waals surface area contributed by atoms with Crippen molar-refractivity contribution >= 4 is 26.5 Å². The minimum atomic E-state index is 0.0776. The van der Waals surface area contributed by atoms with Crippen LogP contribution < -0.4 is 11.1 Å². The largest absolute Gasteiger partial charge is 0.345 e. The SMILES string of the molecule is NC1CC2(CCC(NC(=O)I)CC2)C1. The lowest BCUT2D eigenvalue weighted by Crippen LogP contribution is -2.50. The van der Waals surface area contributed by atoms with Crippen LogP contribution >= 0.6 is 22.6 Å². The molecule has 2 fully saturated rings. The van der Waals surface area contributed by atoms with Crippen LogP contribution in [0.2, 0.25) is 0 Å². The maximum Gasteiger partial charge on any atom is 0.280 e. The number of nitrogens with one attached hydrogen (secondary N) is 1. The summed E-state index contributed by atoms with van der Waals surface area (Å²) in [5.41, 5.74) is 6.39. The molecule has 1 spiro atoms. The van der Waals surface area contributed by atoms with E-state index >= 15 is 0 Å². The zero-order chi connectivity index (χ0) is 10.2. The summed E-state index contributed by atoms with van der Waals surface area (Å²) in [6.45, 7) is 0. The lowest BCUT2D eigenvalue weighted by molar-refractivity contribution is 0.0461. The molecule has 2 aliphatic rings. The number of halogens is 1. The fourth-order valence-electron chi connectivity index (χ4n) is 3.00. The van der Waals surface area contributed by atoms with E-state index in [1.807, 2.05) is 22.6 Å². The molecule has 0 atom stereocenters. The van der Waals surface area contributed by atoms with Crippen molar-refractivity contribution in [2.75, 3.05) is 0 Å². The van der Waals surface area contributed by atoms with Crippen LogP contribution in [0.25, 0.3) is 0 Å². The second-order valence-electron chi connectivity index (χ2n) is 4.86. The fourth-order valence-corrected chi connectivity index (χ4v) is 3.44. The summed E-state index contributed by atoms with van der Waals surface area (Å²) in [4.78, 5) is 10.9. The zero-order valence-electron chi connectivity index (χ0n) is 8.26. The molecule has 0 aromatic rings. The molecule has 2 aliphatic carbocycles. The standard InChI is InChI=1S/C10H17IN2O/c11-9(14)13-8-1-3-10(4-2-8)5-7(12)6-10/h7-8H,1-6,12H2,(H,13,14). The first-order valence-corrected chi connectivity index (χ1v) is 6.39. The van der Waals surface area contributed by atoms with Crippen molar-refractivity contribution in [3.05, 3.63) is 0 Å². The first-order valence-electron chi connectivity index (χ1n) is 5.31. The fraction of sp³-hybridized carbons (Fsp3) is 0.900. The second-order valence-corrected chi connectivity index (χ2v) is 5.84. The van der Waals surface area contributed by atoms with Gasteiger partial charge >= 0.3 is 0 Å². The van der Waals surface area contributed by atoms with Crippen LogP contribution in [0.15, 0.2) is 0 Å². The zero-order valence-corrected chi connectivity index (χ0v) is 10.4. The predicted molar refractivity (Wildman–Crippen MR) is 64.5 cm³/mol. The van der Waals surface area contributed by atoms with Gasteiger partial charge in [0.2, 0.25) is 0 Å². The van der Waals surface area contributed by atoms with Gasteiger partial charge in [0.15, 0.2) is 0 Å². The van der Waals surface area contributed by atoms with Crippen LogP contribution in [0.4, 0.5) is 4.79 Å². The molecular weight excluding hydrogens is 291 g/mol. The Bertz CT molecular complexity index is 228. The van der Waals surface area contributed by atoms with Crippen LogP contribution in [0, 0.1) is 5.41 Å². The average molecular weight is 308 g/mol. The summed E-state index contributed by atoms with van der Waals surface area (Å²) in [5, 5.41) is 3.00. The van der Waals surface area contributed by atoms with E-state index in [1.54, 1.807) is 0 Å². The highest BCUT2D eigenvalue weighted by Crippen LogP contribution is 2.50. The highest BCUT2D eigenvalue weighted by atomic mass is 127. The molecule has 80 valence electrons. The maximum absolute atomic E-state index is 10.9. The van der Waals surface area contributed by atoms with Crippen LogP contribution in [0.5, 0.6) is 0 Å². The molecule has 14 heavy (non-hydrogen) atoms. The van der Waals surface area contributed by atoms with Gasteiger partial charge in [-0.1, -0.05) is 0 Å². The molecule has 0 aromatic carbocycles. The van der Waals surface area contributed by atoms with Crippen molar-refractivity contribution in [2.45, 2.75) is 50.6 Å². The molecular formula is C10H17IN2O. The highest BCUT2D eigenvalue weighted by Gasteiger charge is 2.44. The number of carbonyl (C=O) groups excluding carboxylic acids is 1. The van der Waals surface area contributed by atoms with Gasteiger partial charge in [-0.15, -0.1) is 0 Å². The minimum Gasteiger partial charge on any atom is -0.345 e. The van der Waals surface area contributed by atoms with E-state index in [-0.39, 0.29) is 3.91 Å². The van der Waals surface area contributed by atoms with E-state index in [9.17, 15) is 4.79 Å². The van der Waals surface area contributed by atoms with Gasteiger partial charge in [0.05, 0.1) is 0 Å². The average Bonchev–Trinajstić information content (AvgIpc) is 2.05. The van der Waals surface area contributed by atoms with E-state index in [0.29, 0.717) is 17.5 Å². The van der Waals surface area contributed by atoms with Crippen LogP contribution in [0.3, 0.4) is 0 Å². The van der Waals surface area contributed by atoms with Gasteiger partial charge < -0.3 is 11.1 Å². The van der Waals surface area contributed by atoms with Gasteiger partial charge in [-0.25, -0.2) is 0 Å². The molecule has 0 aromatic heterocycles. The maximum atomic E-state index is 10.9. The van der Waals surface area contributed by atoms with Crippen LogP contribution in [0.1, 0.15) is 38.5 Å². The normalized spacial score (nSPS) is 41.9. The molecule has 3 N–H and O–H groups in total. The summed E-state index contributed by atoms with van der Waals surface area (Å²) in [6, 6.07) is 0.868. The third-order valence-corrected chi connectivity index (χ3v) is 4.07. The molecule has 0 bridgehead atoms. The summed E-state index contributed by atoms with van der Waals surface area (Å²) in [6.07, 6.45) is 7.20. The molecule has 2 saturated carbocycles. The Morgan fingerprint density at radius 1 is 1.36 bits per heavy atom. The topological polar surface area (TPSA) is 55.1 Å². The minimum absolute atomic E-state index is 0.0776. The van der Waals surface area contributed by atoms with Crippen LogP contribution in [-0.4, -0.2) is 16.0 Å². The van der Waals surface area contributed by atoms with Crippen molar-refractivity contribution in [1.82, 2.24) is 5.32 Å². The first kappa shape index (κ1) is 10.7. The Balaban J connectivity index is 1.78. The van der Waals surface area contributed by atoms with Gasteiger partial charge in [-0.3, -0.25) is 4.79 Å². The van der Waals surface area contributed by atoms with Gasteiger partial charge in [0.1, 0.15) is 0 Å². The number of nitrogens with two attached hydrogens (primary N) is 1. The Morgan fingerprint density at radius 3 is 2.36 bits per heavy atom. The first-order chi connectivity index (χ1) is 6.60. The summed E-state index contributed by atoms with van der Waals surface area (Å²) in [7, 11) is 0. The van der Waals surface area contributed by atoms with Gasteiger partial charge in [0, 0.05) is 34.7 Å². The summed E-state index contributed by atoms with van der Waals surface area (Å²) >= 11 is 1.81. The summed E-state index contributed by atoms with van der Waals surface area (Å²) in [5.74, 6) is 0. The molecule has 4 heteroatoms. The number of hydrogen-bond acceptors (Lipinski definition) is 2. The molecule has 0 aliphatic heterocycles. The molecule has 2 rings (SSSR count). The molecule has 0 radical (unpaired) electrons. The van der Waals surface area contributed by atoms with Crippen molar-refractivity contribution in [1.29, 1.82) is 0 Å². The quantitative estimate of drug-likeness (QED) is 0.443. The number of rotatable bonds is 1. The third kappa shape index (κ3) is 2.21. The number of amides is 1. The van der Waals surface area contributed by atoms with E-state index in [4.69, 9.17) is 5.73 Å². The van der Waals surface area contributed by atoms with E-state index in [2.05, 4.69) is 5.32 Å². The Labute approximate surface area is 98.3 Å². The van der Waals surface area contributed by atoms with Gasteiger partial charge in [0.25, 0.3) is 3.91 Å². The second kappa shape index (κ2) is 3.96. The highest BCUT2D eigenvalue weighted by molar-refractivity contribution is 14.1. The molecule has 0 saturated heterocycles. The summed E-state index contributed by atoms with van der Waals surface area (Å²) < 4.78 is 0.0776. The lowest BCUT2D eigenvalue weighted by atomic mass is 9.58. The van der Waals surface area contributed by atoms with Crippen molar-refractivity contribution < 1.29 is 4.79 Å². The van der Waals surface area contributed by atoms with E-state index < -0.39 is 0 Å². The molecule has 0 unspecified atom stereocenters. The Hall–Kier alpha value is 0.160. The van der Waals surface area contributed by atoms with E-state index in [1.165, 1.54) is 25.7 Å². The smallest absolute Gasteiger partial charge is 0.280 e. The predicted octanol–water partition coefficient (Wildman–Crippen LogP) is 2.18. The Kier molecular flexibility index (Phi) is 3.02. The van der Waals surface area contributed by atoms with Crippen molar-refractivity contribution in [2.24, 2.45) is 11.1 Å². The van der Waals surface area contributed by atoms with Gasteiger partial charge in [-0.05, 0) is 43.9 Å². The molecule has 3 nitrogen and oxygen atoms in total. The van der Waals surface area contributed by atoms with E-state index in [0.717, 1.165) is 12.8 Å². The molecule has 0 heterocycles. The Morgan fingerprint density at radius 2 is 1.93 bits per heavy atom. The van der Waals surface area contributed by atoms with Crippen molar-refractivity contribution in [3.8, 4) is 0 Å².